The lowest BCUT2D eigenvalue weighted by Crippen LogP contribution is -2.40. The fourth-order valence-corrected chi connectivity index (χ4v) is 4.82. The first-order valence-electron chi connectivity index (χ1n) is 5.58. The fourth-order valence-electron chi connectivity index (χ4n) is 2.22. The maximum Gasteiger partial charge on any atom is 0.267 e. The smallest absolute Gasteiger partial charge is 0.267 e. The topological polar surface area (TPSA) is 60.4 Å². The Kier molecular flexibility index (Phi) is 2.88. The van der Waals surface area contributed by atoms with Gasteiger partial charge in [-0.05, 0) is 42.0 Å². The molecule has 2 heterocycles. The van der Waals surface area contributed by atoms with E-state index in [4.69, 9.17) is 0 Å². The molecule has 0 aliphatic carbocycles. The van der Waals surface area contributed by atoms with Gasteiger partial charge in [0.15, 0.2) is 0 Å². The summed E-state index contributed by atoms with van der Waals surface area (Å²) in [6.45, 7) is 2.31. The molecule has 0 radical (unpaired) electrons. The van der Waals surface area contributed by atoms with Crippen LogP contribution in [0.25, 0.3) is 0 Å². The number of amides is 1. The highest BCUT2D eigenvalue weighted by atomic mass is 32.2. The Bertz CT molecular complexity index is 546. The van der Waals surface area contributed by atoms with E-state index in [-0.39, 0.29) is 11.0 Å². The van der Waals surface area contributed by atoms with Crippen molar-refractivity contribution in [3.8, 4) is 0 Å². The Morgan fingerprint density at radius 1 is 1.44 bits per heavy atom. The molecule has 1 saturated heterocycles. The standard InChI is InChI=1S/C12H11NO3S2/c1-7-2-3-9-8(6-7)10(14)13-4-5-18(16)11(13)12(15)17-9/h2-3,6,11H,4-5H2,1H3/t11-,18-/m0/s1. The van der Waals surface area contributed by atoms with Crippen molar-refractivity contribution in [2.45, 2.75) is 17.2 Å². The van der Waals surface area contributed by atoms with Crippen molar-refractivity contribution in [1.29, 1.82) is 0 Å². The maximum atomic E-state index is 12.4. The first-order chi connectivity index (χ1) is 8.58. The van der Waals surface area contributed by atoms with Gasteiger partial charge in [-0.2, -0.15) is 0 Å². The van der Waals surface area contributed by atoms with Crippen LogP contribution in [0.2, 0.25) is 0 Å². The van der Waals surface area contributed by atoms with Crippen molar-refractivity contribution in [3.63, 3.8) is 0 Å². The molecule has 6 heteroatoms. The van der Waals surface area contributed by atoms with Crippen LogP contribution in [0, 0.1) is 6.92 Å². The second-order valence-corrected chi connectivity index (χ2v) is 7.02. The molecule has 18 heavy (non-hydrogen) atoms. The van der Waals surface area contributed by atoms with Crippen molar-refractivity contribution in [1.82, 2.24) is 4.90 Å². The minimum Gasteiger partial charge on any atom is -0.614 e. The van der Waals surface area contributed by atoms with Crippen LogP contribution >= 0.6 is 11.8 Å². The second-order valence-electron chi connectivity index (χ2n) is 4.36. The maximum absolute atomic E-state index is 12.4. The third-order valence-corrected chi connectivity index (χ3v) is 5.81. The van der Waals surface area contributed by atoms with Crippen molar-refractivity contribution >= 4 is 34.0 Å². The second kappa shape index (κ2) is 4.29. The molecule has 0 N–H and O–H groups in total. The first kappa shape index (κ1) is 12.1. The van der Waals surface area contributed by atoms with Crippen molar-refractivity contribution in [2.24, 2.45) is 0 Å². The van der Waals surface area contributed by atoms with Gasteiger partial charge in [0, 0.05) is 4.90 Å². The number of rotatable bonds is 0. The summed E-state index contributed by atoms with van der Waals surface area (Å²) in [5.41, 5.74) is 1.53. The highest BCUT2D eigenvalue weighted by Gasteiger charge is 2.48. The Morgan fingerprint density at radius 3 is 3.00 bits per heavy atom. The van der Waals surface area contributed by atoms with Crippen LogP contribution in [-0.2, 0) is 16.0 Å². The van der Waals surface area contributed by atoms with Crippen LogP contribution < -0.4 is 0 Å². The molecule has 2 aliphatic rings. The number of thioether (sulfide) groups is 1. The van der Waals surface area contributed by atoms with Crippen molar-refractivity contribution < 1.29 is 14.1 Å². The number of fused-ring (bicyclic) bond motifs is 2. The van der Waals surface area contributed by atoms with E-state index in [1.54, 1.807) is 12.1 Å². The summed E-state index contributed by atoms with van der Waals surface area (Å²) in [6.07, 6.45) is 0. The normalized spacial score (nSPS) is 26.9. The van der Waals surface area contributed by atoms with Crippen LogP contribution in [0.5, 0.6) is 0 Å². The van der Waals surface area contributed by atoms with Crippen LogP contribution in [0.4, 0.5) is 0 Å². The van der Waals surface area contributed by atoms with Crippen LogP contribution in [0.3, 0.4) is 0 Å². The number of aryl methyl sites for hydroxylation is 1. The van der Waals surface area contributed by atoms with Gasteiger partial charge in [0.05, 0.1) is 12.1 Å². The predicted octanol–water partition coefficient (Wildman–Crippen LogP) is 1.16. The summed E-state index contributed by atoms with van der Waals surface area (Å²) in [7, 11) is 0. The minimum atomic E-state index is -1.26. The summed E-state index contributed by atoms with van der Waals surface area (Å²) in [6, 6.07) is 5.46. The molecule has 2 atom stereocenters. The van der Waals surface area contributed by atoms with E-state index in [0.717, 1.165) is 17.3 Å². The Morgan fingerprint density at radius 2 is 2.22 bits per heavy atom. The van der Waals surface area contributed by atoms with Gasteiger partial charge in [0.1, 0.15) is 5.75 Å². The molecule has 1 amide bonds. The summed E-state index contributed by atoms with van der Waals surface area (Å²) in [5.74, 6) is 0.215. The molecule has 3 rings (SSSR count). The van der Waals surface area contributed by atoms with E-state index in [9.17, 15) is 14.1 Å². The number of nitrogens with zero attached hydrogens (tertiary/aromatic N) is 1. The average molecular weight is 281 g/mol. The molecular formula is C12H11NO3S2. The molecule has 0 unspecified atom stereocenters. The van der Waals surface area contributed by atoms with Crippen LogP contribution in [-0.4, -0.2) is 38.1 Å². The number of hydrogen-bond acceptors (Lipinski definition) is 4. The van der Waals surface area contributed by atoms with Gasteiger partial charge in [-0.25, -0.2) is 0 Å². The molecular weight excluding hydrogens is 270 g/mol. The minimum absolute atomic E-state index is 0.178. The van der Waals surface area contributed by atoms with Crippen LogP contribution in [0.15, 0.2) is 23.1 Å². The van der Waals surface area contributed by atoms with Gasteiger partial charge >= 0.3 is 0 Å². The predicted molar refractivity (Wildman–Crippen MR) is 69.9 cm³/mol. The average Bonchev–Trinajstić information content (AvgIpc) is 2.68. The van der Waals surface area contributed by atoms with E-state index in [1.807, 2.05) is 13.0 Å². The van der Waals surface area contributed by atoms with Gasteiger partial charge in [-0.3, -0.25) is 14.5 Å². The third-order valence-electron chi connectivity index (χ3n) is 3.10. The largest absolute Gasteiger partial charge is 0.614 e. The van der Waals surface area contributed by atoms with Gasteiger partial charge in [0.2, 0.25) is 0 Å². The molecule has 0 aromatic heterocycles. The highest BCUT2D eigenvalue weighted by molar-refractivity contribution is 8.15. The lowest BCUT2D eigenvalue weighted by atomic mass is 10.1. The van der Waals surface area contributed by atoms with Gasteiger partial charge in [-0.15, -0.1) is 0 Å². The molecule has 1 aromatic rings. The molecule has 0 spiro atoms. The fraction of sp³-hybridized carbons (Fsp3) is 0.333. The highest BCUT2D eigenvalue weighted by Crippen LogP contribution is 2.35. The number of benzene rings is 1. The van der Waals surface area contributed by atoms with Crippen molar-refractivity contribution in [3.05, 3.63) is 29.3 Å². The van der Waals surface area contributed by atoms with Crippen molar-refractivity contribution in [2.75, 3.05) is 12.3 Å². The lowest BCUT2D eigenvalue weighted by molar-refractivity contribution is -0.112. The number of carbonyl (C=O) groups excluding carboxylic acids is 2. The molecule has 1 fully saturated rings. The molecule has 2 aliphatic heterocycles. The summed E-state index contributed by atoms with van der Waals surface area (Å²) in [5, 5.41) is -0.961. The quantitative estimate of drug-likeness (QED) is 0.670. The van der Waals surface area contributed by atoms with E-state index < -0.39 is 16.5 Å². The summed E-state index contributed by atoms with van der Waals surface area (Å²) >= 11 is -0.229. The molecule has 0 bridgehead atoms. The van der Waals surface area contributed by atoms with Crippen LogP contribution in [0.1, 0.15) is 15.9 Å². The molecule has 4 nitrogen and oxygen atoms in total. The van der Waals surface area contributed by atoms with Gasteiger partial charge in [-0.1, -0.05) is 11.6 Å². The van der Waals surface area contributed by atoms with E-state index in [2.05, 4.69) is 0 Å². The zero-order chi connectivity index (χ0) is 12.9. The van der Waals surface area contributed by atoms with E-state index >= 15 is 0 Å². The molecule has 0 saturated carbocycles. The Hall–Kier alpha value is -0.980. The zero-order valence-corrected chi connectivity index (χ0v) is 11.3. The van der Waals surface area contributed by atoms with E-state index in [1.165, 1.54) is 4.90 Å². The lowest BCUT2D eigenvalue weighted by Gasteiger charge is -2.18. The summed E-state index contributed by atoms with van der Waals surface area (Å²) < 4.78 is 11.8. The summed E-state index contributed by atoms with van der Waals surface area (Å²) in [4.78, 5) is 26.6. The Labute approximate surface area is 112 Å². The first-order valence-corrected chi connectivity index (χ1v) is 7.78. The third kappa shape index (κ3) is 1.75. The molecule has 94 valence electrons. The van der Waals surface area contributed by atoms with Gasteiger partial charge in [0.25, 0.3) is 16.4 Å². The number of carbonyl (C=O) groups is 2. The monoisotopic (exact) mass is 281 g/mol. The Balaban J connectivity index is 2.11. The molecule has 1 aromatic carbocycles. The zero-order valence-electron chi connectivity index (χ0n) is 9.71. The van der Waals surface area contributed by atoms with E-state index in [0.29, 0.717) is 22.8 Å². The van der Waals surface area contributed by atoms with Gasteiger partial charge < -0.3 is 4.55 Å². The number of hydrogen-bond donors (Lipinski definition) is 0. The SMILES string of the molecule is Cc1ccc2c(c1)C(=O)N1CC[S@+]([O-])[C@H]1C(=O)S2.